The van der Waals surface area contributed by atoms with Crippen molar-refractivity contribution in [2.24, 2.45) is 0 Å². The van der Waals surface area contributed by atoms with Crippen LogP contribution in [-0.2, 0) is 6.42 Å². The van der Waals surface area contributed by atoms with Gasteiger partial charge in [-0.25, -0.2) is 4.98 Å². The summed E-state index contributed by atoms with van der Waals surface area (Å²) in [5, 5.41) is 11.2. The molecule has 0 aliphatic rings. The van der Waals surface area contributed by atoms with Gasteiger partial charge in [-0.1, -0.05) is 12.1 Å². The fourth-order valence-corrected chi connectivity index (χ4v) is 2.18. The SMILES string of the molecule is Nc1cccc2c(NCCCc3ncn[nH]3)ccnc12. The summed E-state index contributed by atoms with van der Waals surface area (Å²) >= 11 is 0. The predicted molar refractivity (Wildman–Crippen MR) is 79.3 cm³/mol. The van der Waals surface area contributed by atoms with Gasteiger partial charge in [0.15, 0.2) is 0 Å². The number of para-hydroxylation sites is 1. The van der Waals surface area contributed by atoms with Crippen molar-refractivity contribution in [2.45, 2.75) is 12.8 Å². The summed E-state index contributed by atoms with van der Waals surface area (Å²) in [6, 6.07) is 7.80. The van der Waals surface area contributed by atoms with Gasteiger partial charge in [-0.2, -0.15) is 5.10 Å². The van der Waals surface area contributed by atoms with Crippen molar-refractivity contribution in [1.29, 1.82) is 0 Å². The molecule has 0 aliphatic heterocycles. The molecule has 0 atom stereocenters. The topological polar surface area (TPSA) is 92.5 Å². The lowest BCUT2D eigenvalue weighted by atomic mass is 10.1. The first kappa shape index (κ1) is 12.4. The van der Waals surface area contributed by atoms with Crippen LogP contribution < -0.4 is 11.1 Å². The highest BCUT2D eigenvalue weighted by Gasteiger charge is 2.03. The number of pyridine rings is 1. The molecule has 6 nitrogen and oxygen atoms in total. The maximum atomic E-state index is 5.93. The Bertz CT molecular complexity index is 692. The molecule has 0 saturated carbocycles. The summed E-state index contributed by atoms with van der Waals surface area (Å²) in [6.07, 6.45) is 5.15. The van der Waals surface area contributed by atoms with Crippen LogP contribution in [0.3, 0.4) is 0 Å². The van der Waals surface area contributed by atoms with Crippen LogP contribution in [0.25, 0.3) is 10.9 Å². The van der Waals surface area contributed by atoms with Crippen molar-refractivity contribution >= 4 is 22.3 Å². The Morgan fingerprint density at radius 2 is 2.15 bits per heavy atom. The van der Waals surface area contributed by atoms with Gasteiger partial charge in [-0.3, -0.25) is 10.1 Å². The van der Waals surface area contributed by atoms with E-state index in [1.54, 1.807) is 6.20 Å². The van der Waals surface area contributed by atoms with Crippen LogP contribution in [0.2, 0.25) is 0 Å². The second-order valence-corrected chi connectivity index (χ2v) is 4.56. The fraction of sp³-hybridized carbons (Fsp3) is 0.214. The number of nitrogens with two attached hydrogens (primary N) is 1. The van der Waals surface area contributed by atoms with E-state index in [4.69, 9.17) is 5.73 Å². The highest BCUT2D eigenvalue weighted by molar-refractivity contribution is 5.97. The second kappa shape index (κ2) is 5.56. The molecule has 0 radical (unpaired) electrons. The Morgan fingerprint density at radius 1 is 1.20 bits per heavy atom. The Hall–Kier alpha value is -2.63. The van der Waals surface area contributed by atoms with Crippen LogP contribution in [0.5, 0.6) is 0 Å². The van der Waals surface area contributed by atoms with E-state index in [9.17, 15) is 0 Å². The normalized spacial score (nSPS) is 10.8. The van der Waals surface area contributed by atoms with E-state index in [1.165, 1.54) is 6.33 Å². The largest absolute Gasteiger partial charge is 0.397 e. The Kier molecular flexibility index (Phi) is 3.45. The Labute approximate surface area is 116 Å². The van der Waals surface area contributed by atoms with Gasteiger partial charge in [0.2, 0.25) is 0 Å². The molecular formula is C14H16N6. The molecule has 102 valence electrons. The first-order valence-electron chi connectivity index (χ1n) is 6.56. The molecule has 0 unspecified atom stereocenters. The highest BCUT2D eigenvalue weighted by atomic mass is 15.2. The summed E-state index contributed by atoms with van der Waals surface area (Å²) in [6.45, 7) is 0.856. The highest BCUT2D eigenvalue weighted by Crippen LogP contribution is 2.25. The van der Waals surface area contributed by atoms with Crippen LogP contribution in [0.4, 0.5) is 11.4 Å². The van der Waals surface area contributed by atoms with Crippen molar-refractivity contribution in [3.05, 3.63) is 42.6 Å². The first-order chi connectivity index (χ1) is 9.84. The number of hydrogen-bond acceptors (Lipinski definition) is 5. The van der Waals surface area contributed by atoms with Gasteiger partial charge < -0.3 is 11.1 Å². The number of aromatic nitrogens is 4. The number of hydrogen-bond donors (Lipinski definition) is 3. The first-order valence-corrected chi connectivity index (χ1v) is 6.56. The van der Waals surface area contributed by atoms with Gasteiger partial charge in [-0.15, -0.1) is 0 Å². The molecule has 6 heteroatoms. The number of nitrogens with zero attached hydrogens (tertiary/aromatic N) is 3. The molecule has 4 N–H and O–H groups in total. The third-order valence-corrected chi connectivity index (χ3v) is 3.17. The molecule has 2 aromatic heterocycles. The zero-order valence-electron chi connectivity index (χ0n) is 11.0. The molecule has 0 bridgehead atoms. The van der Waals surface area contributed by atoms with Gasteiger partial charge in [0, 0.05) is 30.2 Å². The maximum Gasteiger partial charge on any atom is 0.137 e. The molecule has 0 spiro atoms. The van der Waals surface area contributed by atoms with E-state index in [0.29, 0.717) is 5.69 Å². The smallest absolute Gasteiger partial charge is 0.137 e. The van der Waals surface area contributed by atoms with Crippen LogP contribution >= 0.6 is 0 Å². The number of rotatable bonds is 5. The molecule has 3 aromatic rings. The van der Waals surface area contributed by atoms with E-state index in [0.717, 1.165) is 41.8 Å². The van der Waals surface area contributed by atoms with E-state index < -0.39 is 0 Å². The van der Waals surface area contributed by atoms with Crippen molar-refractivity contribution < 1.29 is 0 Å². The van der Waals surface area contributed by atoms with Gasteiger partial charge in [0.05, 0.1) is 11.2 Å². The minimum atomic E-state index is 0.702. The molecular weight excluding hydrogens is 252 g/mol. The van der Waals surface area contributed by atoms with Gasteiger partial charge in [0.1, 0.15) is 12.2 Å². The molecule has 0 saturated heterocycles. The number of aromatic amines is 1. The Morgan fingerprint density at radius 3 is 3.00 bits per heavy atom. The zero-order chi connectivity index (χ0) is 13.8. The molecule has 1 aromatic carbocycles. The van der Waals surface area contributed by atoms with E-state index >= 15 is 0 Å². The van der Waals surface area contributed by atoms with Gasteiger partial charge in [-0.05, 0) is 18.6 Å². The number of fused-ring (bicyclic) bond motifs is 1. The minimum absolute atomic E-state index is 0.702. The van der Waals surface area contributed by atoms with E-state index in [1.807, 2.05) is 24.3 Å². The summed E-state index contributed by atoms with van der Waals surface area (Å²) in [7, 11) is 0. The van der Waals surface area contributed by atoms with Crippen LogP contribution in [-0.4, -0.2) is 26.7 Å². The molecule has 20 heavy (non-hydrogen) atoms. The fourth-order valence-electron chi connectivity index (χ4n) is 2.18. The lowest BCUT2D eigenvalue weighted by molar-refractivity contribution is 0.806. The van der Waals surface area contributed by atoms with Gasteiger partial charge in [0.25, 0.3) is 0 Å². The molecule has 0 amide bonds. The minimum Gasteiger partial charge on any atom is -0.397 e. The molecule has 0 aliphatic carbocycles. The lowest BCUT2D eigenvalue weighted by Crippen LogP contribution is -2.04. The van der Waals surface area contributed by atoms with Crippen molar-refractivity contribution in [3.8, 4) is 0 Å². The standard InChI is InChI=1S/C14H16N6/c15-11-4-1-3-10-12(6-8-17-14(10)11)16-7-2-5-13-18-9-19-20-13/h1,3-4,6,8-9H,2,5,7,15H2,(H,16,17)(H,18,19,20). The average molecular weight is 268 g/mol. The quantitative estimate of drug-likeness (QED) is 0.486. The molecule has 3 rings (SSSR count). The molecule has 2 heterocycles. The third kappa shape index (κ3) is 2.54. The average Bonchev–Trinajstić information content (AvgIpc) is 2.98. The third-order valence-electron chi connectivity index (χ3n) is 3.17. The second-order valence-electron chi connectivity index (χ2n) is 4.56. The van der Waals surface area contributed by atoms with Crippen molar-refractivity contribution in [2.75, 3.05) is 17.6 Å². The molecule has 0 fully saturated rings. The number of nitrogens with one attached hydrogen (secondary N) is 2. The number of aryl methyl sites for hydroxylation is 1. The zero-order valence-corrected chi connectivity index (χ0v) is 11.0. The monoisotopic (exact) mass is 268 g/mol. The van der Waals surface area contributed by atoms with Crippen LogP contribution in [0, 0.1) is 0 Å². The number of benzene rings is 1. The van der Waals surface area contributed by atoms with E-state index in [-0.39, 0.29) is 0 Å². The summed E-state index contributed by atoms with van der Waals surface area (Å²) in [4.78, 5) is 8.42. The van der Waals surface area contributed by atoms with Gasteiger partial charge >= 0.3 is 0 Å². The van der Waals surface area contributed by atoms with E-state index in [2.05, 4.69) is 25.5 Å². The summed E-state index contributed by atoms with van der Waals surface area (Å²) < 4.78 is 0. The summed E-state index contributed by atoms with van der Waals surface area (Å²) in [5.74, 6) is 0.913. The van der Waals surface area contributed by atoms with Crippen LogP contribution in [0.1, 0.15) is 12.2 Å². The number of anilines is 2. The lowest BCUT2D eigenvalue weighted by Gasteiger charge is -2.09. The van der Waals surface area contributed by atoms with Crippen LogP contribution in [0.15, 0.2) is 36.8 Å². The number of H-pyrrole nitrogens is 1. The summed E-state index contributed by atoms with van der Waals surface area (Å²) in [5.41, 5.74) is 8.53. The van der Waals surface area contributed by atoms with Crippen molar-refractivity contribution in [3.63, 3.8) is 0 Å². The van der Waals surface area contributed by atoms with Crippen molar-refractivity contribution in [1.82, 2.24) is 20.2 Å². The predicted octanol–water partition coefficient (Wildman–Crippen LogP) is 1.98. The number of nitrogen functional groups attached to an aromatic ring is 1. The Balaban J connectivity index is 1.67. The maximum absolute atomic E-state index is 5.93.